The highest BCUT2D eigenvalue weighted by Crippen LogP contribution is 2.25. The van der Waals surface area contributed by atoms with Crippen LogP contribution in [0.3, 0.4) is 0 Å². The van der Waals surface area contributed by atoms with Crippen LogP contribution in [0.1, 0.15) is 16.7 Å². The molecule has 2 aromatic heterocycles. The number of rotatable bonds is 4. The van der Waals surface area contributed by atoms with Gasteiger partial charge in [-0.3, -0.25) is 14.9 Å². The van der Waals surface area contributed by atoms with Gasteiger partial charge in [-0.2, -0.15) is 5.10 Å². The molecule has 3 rings (SSSR count). The van der Waals surface area contributed by atoms with Gasteiger partial charge >= 0.3 is 0 Å². The first kappa shape index (κ1) is 16.2. The van der Waals surface area contributed by atoms with E-state index in [2.05, 4.69) is 26.4 Å². The van der Waals surface area contributed by atoms with Crippen LogP contribution in [-0.4, -0.2) is 21.1 Å². The van der Waals surface area contributed by atoms with Crippen molar-refractivity contribution in [3.63, 3.8) is 0 Å². The fourth-order valence-electron chi connectivity index (χ4n) is 2.34. The smallest absolute Gasteiger partial charge is 0.249 e. The molecule has 122 valence electrons. The Labute approximate surface area is 145 Å². The monoisotopic (exact) mass is 328 g/mol. The summed E-state index contributed by atoms with van der Waals surface area (Å²) >= 11 is 0. The molecule has 25 heavy (non-hydrogen) atoms. The van der Waals surface area contributed by atoms with Crippen molar-refractivity contribution in [2.24, 2.45) is 0 Å². The molecule has 3 aromatic rings. The summed E-state index contributed by atoms with van der Waals surface area (Å²) in [7, 11) is 0. The molecular weight excluding hydrogens is 312 g/mol. The maximum atomic E-state index is 12.1. The second-order valence-electron chi connectivity index (χ2n) is 5.40. The summed E-state index contributed by atoms with van der Waals surface area (Å²) in [4.78, 5) is 16.1. The summed E-state index contributed by atoms with van der Waals surface area (Å²) in [5.74, 6) is 2.89. The summed E-state index contributed by atoms with van der Waals surface area (Å²) in [6.07, 6.45) is 11.9. The Kier molecular flexibility index (Phi) is 4.72. The number of carbonyl (C=O) groups excluding carboxylic acids is 1. The number of nitrogens with zero attached hydrogens (tertiary/aromatic N) is 2. The van der Waals surface area contributed by atoms with Crippen molar-refractivity contribution < 1.29 is 4.79 Å². The zero-order valence-corrected chi connectivity index (χ0v) is 13.7. The van der Waals surface area contributed by atoms with Gasteiger partial charge in [0.1, 0.15) is 5.82 Å². The number of carbonyl (C=O) groups is 1. The average molecular weight is 328 g/mol. The number of nitrogens with one attached hydrogen (secondary N) is 2. The molecule has 5 heteroatoms. The quantitative estimate of drug-likeness (QED) is 0.569. The molecule has 0 atom stereocenters. The molecule has 0 unspecified atom stereocenters. The van der Waals surface area contributed by atoms with Crippen LogP contribution >= 0.6 is 0 Å². The molecule has 2 N–H and O–H groups in total. The zero-order chi connectivity index (χ0) is 17.6. The van der Waals surface area contributed by atoms with E-state index < -0.39 is 0 Å². The highest BCUT2D eigenvalue weighted by atomic mass is 16.1. The Morgan fingerprint density at radius 3 is 2.60 bits per heavy atom. The molecule has 0 saturated heterocycles. The number of hydrogen-bond donors (Lipinski definition) is 2. The lowest BCUT2D eigenvalue weighted by atomic mass is 10.1. The van der Waals surface area contributed by atoms with Crippen molar-refractivity contribution in [2.75, 3.05) is 5.32 Å². The number of aromatic amines is 1. The van der Waals surface area contributed by atoms with Crippen LogP contribution in [0.4, 0.5) is 5.82 Å². The van der Waals surface area contributed by atoms with Gasteiger partial charge in [0.05, 0.1) is 5.69 Å². The number of anilines is 1. The van der Waals surface area contributed by atoms with E-state index in [0.717, 1.165) is 27.9 Å². The number of terminal acetylenes is 1. The molecule has 5 nitrogen and oxygen atoms in total. The first-order valence-electron chi connectivity index (χ1n) is 7.68. The van der Waals surface area contributed by atoms with Crippen molar-refractivity contribution in [3.05, 3.63) is 71.6 Å². The van der Waals surface area contributed by atoms with Gasteiger partial charge in [0.25, 0.3) is 0 Å². The van der Waals surface area contributed by atoms with Gasteiger partial charge in [-0.15, -0.1) is 6.42 Å². The molecule has 1 amide bonds. The minimum absolute atomic E-state index is 0.242. The zero-order valence-electron chi connectivity index (χ0n) is 13.7. The van der Waals surface area contributed by atoms with Crippen LogP contribution < -0.4 is 5.32 Å². The fraction of sp³-hybridized carbons (Fsp3) is 0.0500. The SMILES string of the molecule is C#Cc1ccc(C=CC(=O)Nc2[nH]nc(-c3ccncc3)c2C)cc1. The number of pyridine rings is 1. The van der Waals surface area contributed by atoms with Crippen LogP contribution in [0.25, 0.3) is 17.3 Å². The summed E-state index contributed by atoms with van der Waals surface area (Å²) in [5, 5.41) is 9.93. The topological polar surface area (TPSA) is 70.7 Å². The first-order valence-corrected chi connectivity index (χ1v) is 7.68. The average Bonchev–Trinajstić information content (AvgIpc) is 3.01. The van der Waals surface area contributed by atoms with E-state index >= 15 is 0 Å². The van der Waals surface area contributed by atoms with Gasteiger partial charge in [-0.1, -0.05) is 18.1 Å². The molecule has 0 saturated carbocycles. The van der Waals surface area contributed by atoms with Gasteiger partial charge in [0.15, 0.2) is 0 Å². The van der Waals surface area contributed by atoms with Crippen LogP contribution in [0.2, 0.25) is 0 Å². The molecule has 0 fully saturated rings. The van der Waals surface area contributed by atoms with Gasteiger partial charge in [-0.05, 0) is 42.8 Å². The molecular formula is C20H16N4O. The Hall–Kier alpha value is -3.65. The van der Waals surface area contributed by atoms with Gasteiger partial charge in [0, 0.05) is 35.2 Å². The minimum Gasteiger partial charge on any atom is -0.307 e. The summed E-state index contributed by atoms with van der Waals surface area (Å²) in [5.41, 5.74) is 4.29. The van der Waals surface area contributed by atoms with E-state index in [4.69, 9.17) is 6.42 Å². The van der Waals surface area contributed by atoms with E-state index in [1.165, 1.54) is 6.08 Å². The highest BCUT2D eigenvalue weighted by molar-refractivity contribution is 6.02. The minimum atomic E-state index is -0.242. The Morgan fingerprint density at radius 1 is 1.20 bits per heavy atom. The van der Waals surface area contributed by atoms with E-state index in [0.29, 0.717) is 5.82 Å². The number of hydrogen-bond acceptors (Lipinski definition) is 3. The Balaban J connectivity index is 1.70. The lowest BCUT2D eigenvalue weighted by Crippen LogP contribution is -2.09. The van der Waals surface area contributed by atoms with Crippen LogP contribution in [0.15, 0.2) is 54.9 Å². The first-order chi connectivity index (χ1) is 12.2. The van der Waals surface area contributed by atoms with Gasteiger partial charge < -0.3 is 5.32 Å². The number of H-pyrrole nitrogens is 1. The third-order valence-electron chi connectivity index (χ3n) is 3.72. The predicted octanol–water partition coefficient (Wildman–Crippen LogP) is 3.41. The summed E-state index contributed by atoms with van der Waals surface area (Å²) in [6, 6.07) is 11.1. The van der Waals surface area contributed by atoms with Crippen LogP contribution in [0, 0.1) is 19.3 Å². The maximum absolute atomic E-state index is 12.1. The van der Waals surface area contributed by atoms with E-state index in [1.807, 2.05) is 43.3 Å². The lowest BCUT2D eigenvalue weighted by Gasteiger charge is -2.01. The molecule has 0 spiro atoms. The van der Waals surface area contributed by atoms with Crippen molar-refractivity contribution >= 4 is 17.8 Å². The number of amides is 1. The van der Waals surface area contributed by atoms with Crippen molar-refractivity contribution in [3.8, 4) is 23.6 Å². The van der Waals surface area contributed by atoms with Crippen LogP contribution in [0.5, 0.6) is 0 Å². The number of benzene rings is 1. The molecule has 0 aliphatic carbocycles. The Morgan fingerprint density at radius 2 is 1.92 bits per heavy atom. The molecule has 0 aliphatic rings. The third kappa shape index (κ3) is 3.82. The number of aromatic nitrogens is 3. The maximum Gasteiger partial charge on any atom is 0.249 e. The van der Waals surface area contributed by atoms with Crippen molar-refractivity contribution in [1.29, 1.82) is 0 Å². The second kappa shape index (κ2) is 7.28. The standard InChI is InChI=1S/C20H16N4O/c1-3-15-4-6-16(7-5-15)8-9-18(25)22-20-14(2)19(23-24-20)17-10-12-21-13-11-17/h1,4-13H,2H3,(H2,22,23,24,25). The normalized spacial score (nSPS) is 10.6. The van der Waals surface area contributed by atoms with Crippen LogP contribution in [-0.2, 0) is 4.79 Å². The predicted molar refractivity (Wildman–Crippen MR) is 98.6 cm³/mol. The summed E-state index contributed by atoms with van der Waals surface area (Å²) < 4.78 is 0. The van der Waals surface area contributed by atoms with Crippen molar-refractivity contribution in [2.45, 2.75) is 6.92 Å². The van der Waals surface area contributed by atoms with E-state index in [1.54, 1.807) is 18.5 Å². The molecule has 1 aromatic carbocycles. The Bertz CT molecular complexity index is 948. The molecule has 0 bridgehead atoms. The lowest BCUT2D eigenvalue weighted by molar-refractivity contribution is -0.111. The second-order valence-corrected chi connectivity index (χ2v) is 5.40. The highest BCUT2D eigenvalue weighted by Gasteiger charge is 2.11. The summed E-state index contributed by atoms with van der Waals surface area (Å²) in [6.45, 7) is 1.90. The molecule has 2 heterocycles. The van der Waals surface area contributed by atoms with Gasteiger partial charge in [0.2, 0.25) is 5.91 Å². The van der Waals surface area contributed by atoms with E-state index in [-0.39, 0.29) is 5.91 Å². The van der Waals surface area contributed by atoms with Gasteiger partial charge in [-0.25, -0.2) is 0 Å². The third-order valence-corrected chi connectivity index (χ3v) is 3.72. The largest absolute Gasteiger partial charge is 0.307 e. The molecule has 0 aliphatic heterocycles. The molecule has 0 radical (unpaired) electrons. The van der Waals surface area contributed by atoms with E-state index in [9.17, 15) is 4.79 Å². The van der Waals surface area contributed by atoms with Crippen molar-refractivity contribution in [1.82, 2.24) is 15.2 Å². The fourth-order valence-corrected chi connectivity index (χ4v) is 2.34.